The fourth-order valence-corrected chi connectivity index (χ4v) is 6.95. The number of hydrogen-bond donors (Lipinski definition) is 3. The molecule has 1 saturated heterocycles. The number of aromatic nitrogens is 2. The van der Waals surface area contributed by atoms with Crippen LogP contribution in [0.5, 0.6) is 5.75 Å². The molecule has 1 saturated carbocycles. The molecule has 5 atom stereocenters. The number of primary amides is 1. The van der Waals surface area contributed by atoms with E-state index >= 15 is 0 Å². The minimum atomic E-state index is -0.293. The predicted octanol–water partition coefficient (Wildman–Crippen LogP) is 3.55. The van der Waals surface area contributed by atoms with E-state index in [2.05, 4.69) is 32.7 Å². The number of ether oxygens (including phenoxy) is 2. The van der Waals surface area contributed by atoms with Crippen molar-refractivity contribution < 1.29 is 14.3 Å². The Morgan fingerprint density at radius 3 is 2.82 bits per heavy atom. The highest BCUT2D eigenvalue weighted by molar-refractivity contribution is 6.32. The van der Waals surface area contributed by atoms with Crippen LogP contribution >= 0.6 is 11.6 Å². The van der Waals surface area contributed by atoms with E-state index in [0.29, 0.717) is 22.8 Å². The summed E-state index contributed by atoms with van der Waals surface area (Å²) in [6.45, 7) is 3.51. The quantitative estimate of drug-likeness (QED) is 0.362. The predicted molar refractivity (Wildman–Crippen MR) is 147 cm³/mol. The number of methoxy groups -OCH3 is 1. The van der Waals surface area contributed by atoms with Crippen molar-refractivity contribution in [2.75, 3.05) is 44.0 Å². The van der Waals surface area contributed by atoms with Crippen LogP contribution in [0.1, 0.15) is 30.4 Å². The minimum absolute atomic E-state index is 0.130. The highest BCUT2D eigenvalue weighted by Crippen LogP contribution is 2.45. The van der Waals surface area contributed by atoms with Gasteiger partial charge in [0.15, 0.2) is 5.82 Å². The van der Waals surface area contributed by atoms with E-state index in [0.717, 1.165) is 69.8 Å². The van der Waals surface area contributed by atoms with E-state index in [1.807, 2.05) is 12.1 Å². The fourth-order valence-electron chi connectivity index (χ4n) is 6.81. The van der Waals surface area contributed by atoms with E-state index in [1.54, 1.807) is 13.3 Å². The number of fused-ring (bicyclic) bond motifs is 3. The van der Waals surface area contributed by atoms with Gasteiger partial charge >= 0.3 is 0 Å². The maximum absolute atomic E-state index is 12.2. The number of nitrogens with zero attached hydrogens (tertiary/aromatic N) is 3. The summed E-state index contributed by atoms with van der Waals surface area (Å²) in [4.78, 5) is 24.0. The Labute approximate surface area is 228 Å². The first-order chi connectivity index (χ1) is 18.5. The zero-order valence-electron chi connectivity index (χ0n) is 21.7. The van der Waals surface area contributed by atoms with Crippen LogP contribution in [0, 0.1) is 17.8 Å². The molecule has 9 nitrogen and oxygen atoms in total. The average Bonchev–Trinajstić information content (AvgIpc) is 3.46. The SMILES string of the molecule is COc1ccc(Nc2ncc(Cl)c(NC3C4C=CC(C4)C3C(N)=O)n2)c2c1CCCC(N1CCOCC1)C2. The zero-order valence-corrected chi connectivity index (χ0v) is 22.4. The Kier molecular flexibility index (Phi) is 7.16. The maximum atomic E-state index is 12.2. The molecule has 1 amide bonds. The van der Waals surface area contributed by atoms with Gasteiger partial charge in [-0.1, -0.05) is 23.8 Å². The van der Waals surface area contributed by atoms with Crippen LogP contribution in [0.4, 0.5) is 17.5 Å². The van der Waals surface area contributed by atoms with Gasteiger partial charge in [-0.2, -0.15) is 4.98 Å². The molecule has 3 aliphatic carbocycles. The van der Waals surface area contributed by atoms with Gasteiger partial charge in [-0.25, -0.2) is 4.98 Å². The third kappa shape index (κ3) is 4.83. The van der Waals surface area contributed by atoms with E-state index in [4.69, 9.17) is 31.8 Å². The maximum Gasteiger partial charge on any atom is 0.229 e. The second-order valence-corrected chi connectivity index (χ2v) is 11.1. The number of carbonyl (C=O) groups excluding carboxylic acids is 1. The summed E-state index contributed by atoms with van der Waals surface area (Å²) in [6, 6.07) is 4.39. The second kappa shape index (κ2) is 10.7. The number of amides is 1. The molecular formula is C28H35ClN6O3. The number of nitrogens with one attached hydrogen (secondary N) is 2. The fraction of sp³-hybridized carbons (Fsp3) is 0.536. The molecule has 2 bridgehead atoms. The average molecular weight is 539 g/mol. The Hall–Kier alpha value is -2.88. The Balaban J connectivity index is 1.27. The summed E-state index contributed by atoms with van der Waals surface area (Å²) in [6.07, 6.45) is 10.9. The number of halogens is 1. The first-order valence-corrected chi connectivity index (χ1v) is 13.9. The van der Waals surface area contributed by atoms with Crippen molar-refractivity contribution >= 4 is 35.0 Å². The molecule has 1 aromatic carbocycles. The summed E-state index contributed by atoms with van der Waals surface area (Å²) < 4.78 is 11.4. The lowest BCUT2D eigenvalue weighted by Gasteiger charge is -2.34. The highest BCUT2D eigenvalue weighted by Gasteiger charge is 2.47. The van der Waals surface area contributed by atoms with Crippen LogP contribution in [-0.4, -0.2) is 66.3 Å². The van der Waals surface area contributed by atoms with Crippen LogP contribution in [0.25, 0.3) is 0 Å². The molecule has 0 spiro atoms. The lowest BCUT2D eigenvalue weighted by Crippen LogP contribution is -2.44. The zero-order chi connectivity index (χ0) is 26.2. The number of allylic oxidation sites excluding steroid dienone is 1. The van der Waals surface area contributed by atoms with E-state index in [-0.39, 0.29) is 29.7 Å². The van der Waals surface area contributed by atoms with Crippen molar-refractivity contribution in [3.63, 3.8) is 0 Å². The van der Waals surface area contributed by atoms with Gasteiger partial charge in [0.05, 0.1) is 32.4 Å². The number of rotatable bonds is 7. The second-order valence-electron chi connectivity index (χ2n) is 10.7. The van der Waals surface area contributed by atoms with Crippen LogP contribution in [0.3, 0.4) is 0 Å². The van der Waals surface area contributed by atoms with E-state index in [1.165, 1.54) is 11.1 Å². The molecular weight excluding hydrogens is 504 g/mol. The summed E-state index contributed by atoms with van der Waals surface area (Å²) in [5.41, 5.74) is 9.23. The largest absolute Gasteiger partial charge is 0.496 e. The van der Waals surface area contributed by atoms with Gasteiger partial charge in [0.1, 0.15) is 10.8 Å². The number of hydrogen-bond acceptors (Lipinski definition) is 8. The Morgan fingerprint density at radius 1 is 1.21 bits per heavy atom. The van der Waals surface area contributed by atoms with Crippen molar-refractivity contribution in [2.45, 2.75) is 44.2 Å². The first-order valence-electron chi connectivity index (χ1n) is 13.6. The van der Waals surface area contributed by atoms with Crippen molar-refractivity contribution in [1.82, 2.24) is 14.9 Å². The van der Waals surface area contributed by atoms with Gasteiger partial charge in [-0.3, -0.25) is 9.69 Å². The summed E-state index contributed by atoms with van der Waals surface area (Å²) in [5, 5.41) is 7.30. The standard InChI is InChI=1S/C28H35ClN6O3/c1-37-23-8-7-22(20-14-18(3-2-4-19(20)23)35-9-11-38-12-10-35)32-28-31-15-21(29)27(34-28)33-25-17-6-5-16(13-17)24(25)26(30)36/h5-8,15-18,24-25H,2-4,9-14H2,1H3,(H2,30,36)(H2,31,32,33,34). The summed E-state index contributed by atoms with van der Waals surface area (Å²) in [7, 11) is 1.73. The third-order valence-corrected chi connectivity index (χ3v) is 8.93. The Morgan fingerprint density at radius 2 is 2.03 bits per heavy atom. The molecule has 4 N–H and O–H groups in total. The molecule has 202 valence electrons. The third-order valence-electron chi connectivity index (χ3n) is 8.66. The summed E-state index contributed by atoms with van der Waals surface area (Å²) >= 11 is 6.51. The molecule has 5 unspecified atom stereocenters. The van der Waals surface area contributed by atoms with E-state index in [9.17, 15) is 4.79 Å². The molecule has 10 heteroatoms. The van der Waals surface area contributed by atoms with Crippen molar-refractivity contribution in [3.05, 3.63) is 46.6 Å². The molecule has 2 aromatic rings. The highest BCUT2D eigenvalue weighted by atomic mass is 35.5. The normalized spacial score (nSPS) is 28.5. The van der Waals surface area contributed by atoms with Gasteiger partial charge in [0.25, 0.3) is 0 Å². The molecule has 38 heavy (non-hydrogen) atoms. The van der Waals surface area contributed by atoms with Crippen LogP contribution < -0.4 is 21.1 Å². The minimum Gasteiger partial charge on any atom is -0.496 e. The van der Waals surface area contributed by atoms with Crippen LogP contribution in [0.15, 0.2) is 30.5 Å². The lowest BCUT2D eigenvalue weighted by molar-refractivity contribution is -0.122. The van der Waals surface area contributed by atoms with Gasteiger partial charge < -0.3 is 25.8 Å². The molecule has 1 aromatic heterocycles. The molecule has 2 heterocycles. The van der Waals surface area contributed by atoms with Gasteiger partial charge in [-0.05, 0) is 67.2 Å². The number of anilines is 3. The lowest BCUT2D eigenvalue weighted by atomic mass is 9.88. The van der Waals surface area contributed by atoms with Gasteiger partial charge in [0.2, 0.25) is 11.9 Å². The number of benzene rings is 1. The molecule has 2 fully saturated rings. The van der Waals surface area contributed by atoms with Crippen molar-refractivity contribution in [3.8, 4) is 5.75 Å². The molecule has 0 radical (unpaired) electrons. The van der Waals surface area contributed by atoms with Crippen molar-refractivity contribution in [2.24, 2.45) is 23.5 Å². The smallest absolute Gasteiger partial charge is 0.229 e. The topological polar surface area (TPSA) is 115 Å². The van der Waals surface area contributed by atoms with Gasteiger partial charge in [-0.15, -0.1) is 0 Å². The Bertz CT molecular complexity index is 1230. The molecule has 4 aliphatic rings. The number of nitrogens with two attached hydrogens (primary N) is 1. The summed E-state index contributed by atoms with van der Waals surface area (Å²) in [5.74, 6) is 1.71. The van der Waals surface area contributed by atoms with Crippen LogP contribution in [0.2, 0.25) is 5.02 Å². The number of carbonyl (C=O) groups is 1. The first kappa shape index (κ1) is 25.4. The monoisotopic (exact) mass is 538 g/mol. The van der Waals surface area contributed by atoms with Crippen LogP contribution in [-0.2, 0) is 22.4 Å². The van der Waals surface area contributed by atoms with E-state index < -0.39 is 0 Å². The van der Waals surface area contributed by atoms with Gasteiger partial charge in [0, 0.05) is 30.9 Å². The van der Waals surface area contributed by atoms with Crippen molar-refractivity contribution in [1.29, 1.82) is 0 Å². The molecule has 6 rings (SSSR count). The molecule has 1 aliphatic heterocycles. The number of morpholine rings is 1.